The summed E-state index contributed by atoms with van der Waals surface area (Å²) in [6, 6.07) is 5.16. The molecule has 1 unspecified atom stereocenters. The van der Waals surface area contributed by atoms with E-state index in [4.69, 9.17) is 4.42 Å². The Balaban J connectivity index is 2.09. The molecule has 1 aliphatic heterocycles. The van der Waals surface area contributed by atoms with Gasteiger partial charge in [0.25, 0.3) is 0 Å². The fourth-order valence-electron chi connectivity index (χ4n) is 2.45. The third-order valence-electron chi connectivity index (χ3n) is 3.23. The average Bonchev–Trinajstić information content (AvgIpc) is 2.77. The van der Waals surface area contributed by atoms with Gasteiger partial charge in [0.05, 0.1) is 6.26 Å². The first-order chi connectivity index (χ1) is 7.84. The summed E-state index contributed by atoms with van der Waals surface area (Å²) >= 11 is 0. The molecule has 3 heteroatoms. The van der Waals surface area contributed by atoms with Crippen molar-refractivity contribution < 1.29 is 8.81 Å². The van der Waals surface area contributed by atoms with Crippen molar-refractivity contribution in [3.63, 3.8) is 0 Å². The predicted molar refractivity (Wildman–Crippen MR) is 60.8 cm³/mol. The Hall–Kier alpha value is -1.35. The van der Waals surface area contributed by atoms with Gasteiger partial charge in [-0.3, -0.25) is 0 Å². The highest BCUT2D eigenvalue weighted by atomic mass is 19.1. The summed E-state index contributed by atoms with van der Waals surface area (Å²) < 4.78 is 18.9. The maximum atomic E-state index is 13.5. The quantitative estimate of drug-likeness (QED) is 0.795. The van der Waals surface area contributed by atoms with Gasteiger partial charge in [-0.05, 0) is 37.6 Å². The Bertz CT molecular complexity index is 500. The van der Waals surface area contributed by atoms with E-state index in [1.54, 1.807) is 12.3 Å². The number of furan rings is 1. The molecule has 0 spiro atoms. The van der Waals surface area contributed by atoms with Crippen LogP contribution in [0.3, 0.4) is 0 Å². The van der Waals surface area contributed by atoms with Gasteiger partial charge in [0.15, 0.2) is 0 Å². The molecule has 2 heterocycles. The predicted octanol–water partition coefficient (Wildman–Crippen LogP) is 3.39. The van der Waals surface area contributed by atoms with Crippen LogP contribution in [-0.4, -0.2) is 6.54 Å². The molecule has 1 aromatic carbocycles. The van der Waals surface area contributed by atoms with Crippen LogP contribution in [0.2, 0.25) is 0 Å². The maximum Gasteiger partial charge on any atom is 0.138 e. The zero-order valence-electron chi connectivity index (χ0n) is 9.00. The van der Waals surface area contributed by atoms with Crippen molar-refractivity contribution in [3.8, 4) is 0 Å². The average molecular weight is 219 g/mol. The molecular weight excluding hydrogens is 205 g/mol. The van der Waals surface area contributed by atoms with E-state index in [0.717, 1.165) is 29.5 Å². The minimum absolute atomic E-state index is 0.184. The summed E-state index contributed by atoms with van der Waals surface area (Å²) in [7, 11) is 0. The minimum atomic E-state index is -0.184. The molecule has 1 aromatic heterocycles. The van der Waals surface area contributed by atoms with Crippen LogP contribution in [0.4, 0.5) is 4.39 Å². The third-order valence-corrected chi connectivity index (χ3v) is 3.23. The van der Waals surface area contributed by atoms with Gasteiger partial charge in [-0.25, -0.2) is 4.39 Å². The Labute approximate surface area is 93.4 Å². The largest absolute Gasteiger partial charge is 0.464 e. The summed E-state index contributed by atoms with van der Waals surface area (Å²) in [4.78, 5) is 0. The Morgan fingerprint density at radius 3 is 3.06 bits per heavy atom. The maximum absolute atomic E-state index is 13.5. The second-order valence-corrected chi connectivity index (χ2v) is 4.34. The first-order valence-electron chi connectivity index (χ1n) is 5.74. The van der Waals surface area contributed by atoms with Crippen molar-refractivity contribution in [2.75, 3.05) is 6.54 Å². The summed E-state index contributed by atoms with van der Waals surface area (Å²) in [6.45, 7) is 1.00. The van der Waals surface area contributed by atoms with E-state index in [1.807, 2.05) is 6.07 Å². The van der Waals surface area contributed by atoms with Crippen LogP contribution in [-0.2, 0) is 0 Å². The number of piperidine rings is 1. The van der Waals surface area contributed by atoms with Gasteiger partial charge in [0.1, 0.15) is 11.4 Å². The van der Waals surface area contributed by atoms with Crippen molar-refractivity contribution in [3.05, 3.63) is 35.8 Å². The van der Waals surface area contributed by atoms with Crippen LogP contribution in [0.5, 0.6) is 0 Å². The van der Waals surface area contributed by atoms with E-state index in [0.29, 0.717) is 0 Å². The van der Waals surface area contributed by atoms with Crippen LogP contribution in [0, 0.1) is 5.82 Å². The second-order valence-electron chi connectivity index (χ2n) is 4.34. The van der Waals surface area contributed by atoms with Crippen molar-refractivity contribution in [2.24, 2.45) is 0 Å². The molecular formula is C13H14FNO. The molecule has 0 radical (unpaired) electrons. The molecule has 3 rings (SSSR count). The zero-order valence-corrected chi connectivity index (χ0v) is 9.00. The monoisotopic (exact) mass is 219 g/mol. The number of hydrogen-bond acceptors (Lipinski definition) is 2. The van der Waals surface area contributed by atoms with Crippen LogP contribution in [0.1, 0.15) is 30.9 Å². The molecule has 16 heavy (non-hydrogen) atoms. The van der Waals surface area contributed by atoms with Gasteiger partial charge >= 0.3 is 0 Å². The molecule has 1 aliphatic rings. The van der Waals surface area contributed by atoms with Crippen LogP contribution in [0.15, 0.2) is 28.9 Å². The van der Waals surface area contributed by atoms with E-state index in [1.165, 1.54) is 18.9 Å². The SMILES string of the molecule is Fc1cc(C2CCCCN2)c2occc2c1. The van der Waals surface area contributed by atoms with E-state index in [2.05, 4.69) is 5.32 Å². The molecule has 0 aliphatic carbocycles. The lowest BCUT2D eigenvalue weighted by atomic mass is 9.96. The van der Waals surface area contributed by atoms with Gasteiger partial charge in [-0.15, -0.1) is 0 Å². The summed E-state index contributed by atoms with van der Waals surface area (Å²) in [5.41, 5.74) is 1.78. The van der Waals surface area contributed by atoms with Gasteiger partial charge in [-0.1, -0.05) is 6.42 Å². The highest BCUT2D eigenvalue weighted by Crippen LogP contribution is 2.30. The molecule has 2 nitrogen and oxygen atoms in total. The zero-order chi connectivity index (χ0) is 11.0. The molecule has 0 bridgehead atoms. The van der Waals surface area contributed by atoms with Crippen molar-refractivity contribution in [1.82, 2.24) is 5.32 Å². The Morgan fingerprint density at radius 1 is 1.31 bits per heavy atom. The van der Waals surface area contributed by atoms with Crippen LogP contribution >= 0.6 is 0 Å². The first-order valence-corrected chi connectivity index (χ1v) is 5.74. The number of benzene rings is 1. The van der Waals surface area contributed by atoms with Gasteiger partial charge < -0.3 is 9.73 Å². The van der Waals surface area contributed by atoms with Gasteiger partial charge in [-0.2, -0.15) is 0 Å². The molecule has 1 atom stereocenters. The van der Waals surface area contributed by atoms with Gasteiger partial charge in [0.2, 0.25) is 0 Å². The van der Waals surface area contributed by atoms with Crippen molar-refractivity contribution in [2.45, 2.75) is 25.3 Å². The summed E-state index contributed by atoms with van der Waals surface area (Å²) in [6.07, 6.45) is 5.07. The molecule has 1 fully saturated rings. The van der Waals surface area contributed by atoms with Crippen LogP contribution < -0.4 is 5.32 Å². The first kappa shape index (κ1) is 9.85. The number of rotatable bonds is 1. The highest BCUT2D eigenvalue weighted by molar-refractivity contribution is 5.80. The van der Waals surface area contributed by atoms with Crippen molar-refractivity contribution >= 4 is 11.0 Å². The minimum Gasteiger partial charge on any atom is -0.464 e. The molecule has 84 valence electrons. The fraction of sp³-hybridized carbons (Fsp3) is 0.385. The molecule has 0 amide bonds. The Morgan fingerprint density at radius 2 is 2.25 bits per heavy atom. The van der Waals surface area contributed by atoms with E-state index in [-0.39, 0.29) is 11.9 Å². The standard InChI is InChI=1S/C13H14FNO/c14-10-7-9-4-6-16-13(9)11(8-10)12-3-1-2-5-15-12/h4,6-8,12,15H,1-3,5H2. The summed E-state index contributed by atoms with van der Waals surface area (Å²) in [5, 5.41) is 4.27. The fourth-order valence-corrected chi connectivity index (χ4v) is 2.45. The van der Waals surface area contributed by atoms with E-state index >= 15 is 0 Å². The normalized spacial score (nSPS) is 21.4. The molecule has 1 saturated heterocycles. The van der Waals surface area contributed by atoms with Crippen LogP contribution in [0.25, 0.3) is 11.0 Å². The highest BCUT2D eigenvalue weighted by Gasteiger charge is 2.19. The molecule has 1 N–H and O–H groups in total. The lowest BCUT2D eigenvalue weighted by Gasteiger charge is -2.23. The number of nitrogens with one attached hydrogen (secondary N) is 1. The summed E-state index contributed by atoms with van der Waals surface area (Å²) in [5.74, 6) is -0.184. The number of halogens is 1. The van der Waals surface area contributed by atoms with Gasteiger partial charge in [0, 0.05) is 17.0 Å². The van der Waals surface area contributed by atoms with Crippen molar-refractivity contribution in [1.29, 1.82) is 0 Å². The second kappa shape index (κ2) is 3.91. The number of hydrogen-bond donors (Lipinski definition) is 1. The molecule has 0 saturated carbocycles. The Kier molecular flexibility index (Phi) is 2.40. The van der Waals surface area contributed by atoms with E-state index < -0.39 is 0 Å². The van der Waals surface area contributed by atoms with E-state index in [9.17, 15) is 4.39 Å². The molecule has 2 aromatic rings. The third kappa shape index (κ3) is 1.61. The smallest absolute Gasteiger partial charge is 0.138 e. The lowest BCUT2D eigenvalue weighted by Crippen LogP contribution is -2.26. The topological polar surface area (TPSA) is 25.2 Å². The number of fused-ring (bicyclic) bond motifs is 1. The lowest BCUT2D eigenvalue weighted by molar-refractivity contribution is 0.409.